The van der Waals surface area contributed by atoms with Crippen LogP contribution in [0.3, 0.4) is 0 Å². The molecule has 28 heavy (non-hydrogen) atoms. The van der Waals surface area contributed by atoms with Crippen LogP contribution in [0, 0.1) is 5.82 Å². The molecule has 0 radical (unpaired) electrons. The summed E-state index contributed by atoms with van der Waals surface area (Å²) < 4.78 is 78.1. The molecule has 1 atom stereocenters. The van der Waals surface area contributed by atoms with Crippen LogP contribution in [0.15, 0.2) is 58.6 Å². The normalized spacial score (nSPS) is 20.0. The van der Waals surface area contributed by atoms with E-state index in [9.17, 15) is 31.1 Å². The summed E-state index contributed by atoms with van der Waals surface area (Å²) in [4.78, 5) is 4.04. The van der Waals surface area contributed by atoms with Crippen molar-refractivity contribution in [2.24, 2.45) is 5.16 Å². The molecule has 1 unspecified atom stereocenters. The highest BCUT2D eigenvalue weighted by molar-refractivity contribution is 7.89. The minimum atomic E-state index is -5.01. The highest BCUT2D eigenvalue weighted by Crippen LogP contribution is 2.38. The van der Waals surface area contributed by atoms with Crippen molar-refractivity contribution in [3.63, 3.8) is 0 Å². The zero-order valence-electron chi connectivity index (χ0n) is 14.1. The minimum absolute atomic E-state index is 0.122. The van der Waals surface area contributed by atoms with Gasteiger partial charge in [0, 0.05) is 6.54 Å². The molecule has 0 aliphatic carbocycles. The van der Waals surface area contributed by atoms with Crippen LogP contribution in [0.5, 0.6) is 0 Å². The monoisotopic (exact) mass is 418 g/mol. The number of sulfonamides is 1. The molecule has 0 bridgehead atoms. The van der Waals surface area contributed by atoms with Gasteiger partial charge < -0.3 is 9.94 Å². The van der Waals surface area contributed by atoms with Crippen molar-refractivity contribution in [2.45, 2.75) is 29.8 Å². The average molecular weight is 418 g/mol. The summed E-state index contributed by atoms with van der Waals surface area (Å²) >= 11 is 0. The van der Waals surface area contributed by atoms with Gasteiger partial charge in [-0.25, -0.2) is 17.5 Å². The summed E-state index contributed by atoms with van der Waals surface area (Å²) in [5.41, 5.74) is 0.565. The number of aliphatic hydroxyl groups is 1. The van der Waals surface area contributed by atoms with Gasteiger partial charge in [-0.1, -0.05) is 23.4 Å². The summed E-state index contributed by atoms with van der Waals surface area (Å²) in [7, 11) is -3.91. The second-order valence-electron chi connectivity index (χ2n) is 6.07. The van der Waals surface area contributed by atoms with Gasteiger partial charge in [0.15, 0.2) is 0 Å². The first kappa shape index (κ1) is 20.2. The molecule has 0 saturated heterocycles. The Morgan fingerprint density at radius 2 is 1.86 bits per heavy atom. The first-order valence-corrected chi connectivity index (χ1v) is 9.37. The van der Waals surface area contributed by atoms with Gasteiger partial charge in [-0.2, -0.15) is 13.2 Å². The smallest absolute Gasteiger partial charge is 0.350 e. The molecule has 11 heteroatoms. The molecule has 2 aromatic rings. The van der Waals surface area contributed by atoms with E-state index in [4.69, 9.17) is 0 Å². The molecule has 0 saturated carbocycles. The lowest BCUT2D eigenvalue weighted by molar-refractivity contribution is -0.355. The molecule has 150 valence electrons. The summed E-state index contributed by atoms with van der Waals surface area (Å²) in [6.45, 7) is -0.161. The third-order valence-corrected chi connectivity index (χ3v) is 5.42. The molecule has 1 aliphatic heterocycles. The van der Waals surface area contributed by atoms with Crippen molar-refractivity contribution in [2.75, 3.05) is 0 Å². The highest BCUT2D eigenvalue weighted by Gasteiger charge is 2.60. The van der Waals surface area contributed by atoms with Crippen LogP contribution in [0.4, 0.5) is 17.6 Å². The molecular weight excluding hydrogens is 404 g/mol. The van der Waals surface area contributed by atoms with Crippen LogP contribution >= 0.6 is 0 Å². The number of halogens is 4. The van der Waals surface area contributed by atoms with Crippen LogP contribution in [0.2, 0.25) is 0 Å². The first-order valence-electron chi connectivity index (χ1n) is 7.89. The van der Waals surface area contributed by atoms with Crippen molar-refractivity contribution in [1.29, 1.82) is 0 Å². The fourth-order valence-corrected chi connectivity index (χ4v) is 3.48. The third-order valence-electron chi connectivity index (χ3n) is 4.01. The third kappa shape index (κ3) is 4.16. The second-order valence-corrected chi connectivity index (χ2v) is 7.83. The number of benzene rings is 2. The van der Waals surface area contributed by atoms with Gasteiger partial charge in [-0.3, -0.25) is 0 Å². The van der Waals surface area contributed by atoms with Crippen molar-refractivity contribution >= 4 is 15.7 Å². The van der Waals surface area contributed by atoms with Gasteiger partial charge in [0.2, 0.25) is 10.0 Å². The maximum Gasteiger partial charge on any atom is 0.458 e. The van der Waals surface area contributed by atoms with E-state index in [1.165, 1.54) is 18.2 Å². The molecule has 0 amide bonds. The zero-order chi connectivity index (χ0) is 20.6. The van der Waals surface area contributed by atoms with Crippen molar-refractivity contribution in [1.82, 2.24) is 4.72 Å². The van der Waals surface area contributed by atoms with Gasteiger partial charge in [0.1, 0.15) is 5.82 Å². The van der Waals surface area contributed by atoms with Crippen LogP contribution in [-0.4, -0.2) is 31.2 Å². The molecule has 3 rings (SSSR count). The van der Waals surface area contributed by atoms with Gasteiger partial charge in [-0.15, -0.1) is 0 Å². The highest BCUT2D eigenvalue weighted by atomic mass is 32.2. The number of rotatable bonds is 5. The van der Waals surface area contributed by atoms with Crippen molar-refractivity contribution < 1.29 is 35.9 Å². The molecule has 6 nitrogen and oxygen atoms in total. The van der Waals surface area contributed by atoms with Gasteiger partial charge in [0.05, 0.1) is 17.0 Å². The van der Waals surface area contributed by atoms with Crippen molar-refractivity contribution in [3.05, 3.63) is 65.5 Å². The summed E-state index contributed by atoms with van der Waals surface area (Å²) in [5, 5.41) is 12.8. The SMILES string of the molecule is O=S(=O)(NCc1cccc(C2=NOC(O)(C(F)(F)F)C2)c1)c1ccc(F)cc1. The van der Waals surface area contributed by atoms with Gasteiger partial charge >= 0.3 is 12.0 Å². The van der Waals surface area contributed by atoms with Gasteiger partial charge in [0.25, 0.3) is 0 Å². The Balaban J connectivity index is 1.72. The Morgan fingerprint density at radius 3 is 2.46 bits per heavy atom. The number of hydrogen-bond donors (Lipinski definition) is 2. The first-order chi connectivity index (χ1) is 13.0. The topological polar surface area (TPSA) is 88.0 Å². The molecule has 0 spiro atoms. The van der Waals surface area contributed by atoms with Crippen LogP contribution in [-0.2, 0) is 21.4 Å². The second kappa shape index (κ2) is 7.15. The van der Waals surface area contributed by atoms with Gasteiger partial charge in [-0.05, 0) is 41.5 Å². The lowest BCUT2D eigenvalue weighted by atomic mass is 10.0. The Kier molecular flexibility index (Phi) is 5.17. The van der Waals surface area contributed by atoms with Crippen LogP contribution in [0.25, 0.3) is 0 Å². The summed E-state index contributed by atoms with van der Waals surface area (Å²) in [6.07, 6.45) is -5.90. The number of alkyl halides is 3. The molecule has 0 aromatic heterocycles. The molecular formula is C17H14F4N2O4S. The predicted octanol–water partition coefficient (Wildman–Crippen LogP) is 2.68. The number of nitrogens with zero attached hydrogens (tertiary/aromatic N) is 1. The Hall–Kier alpha value is -2.50. The maximum absolute atomic E-state index is 12.9. The van der Waals surface area contributed by atoms with E-state index >= 15 is 0 Å². The lowest BCUT2D eigenvalue weighted by Gasteiger charge is -2.22. The summed E-state index contributed by atoms with van der Waals surface area (Å²) in [5.74, 6) is -3.97. The molecule has 2 aromatic carbocycles. The molecule has 0 fully saturated rings. The average Bonchev–Trinajstić information content (AvgIpc) is 3.04. The van der Waals surface area contributed by atoms with E-state index in [1.807, 2.05) is 0 Å². The Bertz CT molecular complexity index is 1010. The summed E-state index contributed by atoms with van der Waals surface area (Å²) in [6, 6.07) is 10.2. The Labute approximate surface area is 157 Å². The fourth-order valence-electron chi connectivity index (χ4n) is 2.47. The van der Waals surface area contributed by atoms with E-state index in [0.717, 1.165) is 24.3 Å². The van der Waals surface area contributed by atoms with Crippen LogP contribution in [0.1, 0.15) is 17.5 Å². The number of oxime groups is 1. The van der Waals surface area contributed by atoms with E-state index in [0.29, 0.717) is 5.56 Å². The molecule has 2 N–H and O–H groups in total. The minimum Gasteiger partial charge on any atom is -0.350 e. The number of hydrogen-bond acceptors (Lipinski definition) is 5. The molecule has 1 aliphatic rings. The molecule has 1 heterocycles. The van der Waals surface area contributed by atoms with E-state index in [1.54, 1.807) is 6.07 Å². The zero-order valence-corrected chi connectivity index (χ0v) is 14.9. The fraction of sp³-hybridized carbons (Fsp3) is 0.235. The predicted molar refractivity (Wildman–Crippen MR) is 90.1 cm³/mol. The number of nitrogens with one attached hydrogen (secondary N) is 1. The van der Waals surface area contributed by atoms with E-state index in [-0.39, 0.29) is 22.7 Å². The van der Waals surface area contributed by atoms with Crippen LogP contribution < -0.4 is 4.72 Å². The standard InChI is InChI=1S/C17H14F4N2O4S/c18-13-4-6-14(7-5-13)28(25,26)22-10-11-2-1-3-12(8-11)15-9-16(24,27-23-15)17(19,20)21/h1-8,22,24H,9-10H2. The Morgan fingerprint density at radius 1 is 1.18 bits per heavy atom. The lowest BCUT2D eigenvalue weighted by Crippen LogP contribution is -2.45. The van der Waals surface area contributed by atoms with E-state index in [2.05, 4.69) is 14.7 Å². The largest absolute Gasteiger partial charge is 0.458 e. The van der Waals surface area contributed by atoms with Crippen molar-refractivity contribution in [3.8, 4) is 0 Å². The quantitative estimate of drug-likeness (QED) is 0.731. The maximum atomic E-state index is 12.9. The van der Waals surface area contributed by atoms with E-state index < -0.39 is 34.2 Å².